The van der Waals surface area contributed by atoms with Gasteiger partial charge >= 0.3 is 5.97 Å². The first-order valence-electron chi connectivity index (χ1n) is 5.35. The molecule has 1 unspecified atom stereocenters. The lowest BCUT2D eigenvalue weighted by Crippen LogP contribution is -2.20. The van der Waals surface area contributed by atoms with Gasteiger partial charge in [-0.3, -0.25) is 4.98 Å². The standard InChI is InChI=1S/C13H10N2O3/c16-8-14-12(13(17)18)7-10-6-5-9-3-1-2-4-11(9)15-10/h1-6,12H,7H2,(H,17,18). The molecule has 0 saturated heterocycles. The summed E-state index contributed by atoms with van der Waals surface area (Å²) in [5.41, 5.74) is 1.37. The summed E-state index contributed by atoms with van der Waals surface area (Å²) in [6, 6.07) is 10.00. The lowest BCUT2D eigenvalue weighted by Gasteiger charge is -2.05. The number of para-hydroxylation sites is 1. The summed E-state index contributed by atoms with van der Waals surface area (Å²) in [6.07, 6.45) is 1.35. The van der Waals surface area contributed by atoms with Crippen molar-refractivity contribution in [2.45, 2.75) is 12.5 Å². The quantitative estimate of drug-likeness (QED) is 0.651. The smallest absolute Gasteiger partial charge is 0.329 e. The normalized spacial score (nSPS) is 11.8. The number of aliphatic carboxylic acids is 1. The van der Waals surface area contributed by atoms with Gasteiger partial charge in [0.15, 0.2) is 6.04 Å². The van der Waals surface area contributed by atoms with Crippen LogP contribution in [0.1, 0.15) is 5.69 Å². The van der Waals surface area contributed by atoms with Crippen LogP contribution >= 0.6 is 0 Å². The van der Waals surface area contributed by atoms with Crippen molar-refractivity contribution >= 4 is 23.0 Å². The zero-order chi connectivity index (χ0) is 13.0. The topological polar surface area (TPSA) is 79.6 Å². The van der Waals surface area contributed by atoms with Crippen molar-refractivity contribution in [1.29, 1.82) is 0 Å². The fraction of sp³-hybridized carbons (Fsp3) is 0.154. The van der Waals surface area contributed by atoms with E-state index in [0.29, 0.717) is 5.69 Å². The predicted octanol–water partition coefficient (Wildman–Crippen LogP) is 1.57. The molecule has 1 N–H and O–H groups in total. The van der Waals surface area contributed by atoms with Gasteiger partial charge in [0.1, 0.15) is 0 Å². The molecule has 5 nitrogen and oxygen atoms in total. The highest BCUT2D eigenvalue weighted by atomic mass is 16.4. The highest BCUT2D eigenvalue weighted by Gasteiger charge is 2.17. The number of hydrogen-bond acceptors (Lipinski definition) is 4. The molecule has 0 saturated carbocycles. The van der Waals surface area contributed by atoms with Crippen molar-refractivity contribution in [2.75, 3.05) is 0 Å². The molecule has 0 fully saturated rings. The Balaban J connectivity index is 2.31. The average Bonchev–Trinajstić information content (AvgIpc) is 2.38. The number of pyridine rings is 1. The van der Waals surface area contributed by atoms with E-state index >= 15 is 0 Å². The Morgan fingerprint density at radius 3 is 2.83 bits per heavy atom. The molecule has 1 atom stereocenters. The van der Waals surface area contributed by atoms with Crippen molar-refractivity contribution < 1.29 is 14.7 Å². The van der Waals surface area contributed by atoms with Crippen molar-refractivity contribution in [2.24, 2.45) is 4.99 Å². The summed E-state index contributed by atoms with van der Waals surface area (Å²) in [5, 5.41) is 9.86. The average molecular weight is 242 g/mol. The van der Waals surface area contributed by atoms with Gasteiger partial charge in [-0.1, -0.05) is 24.3 Å². The molecular weight excluding hydrogens is 232 g/mol. The second-order valence-corrected chi connectivity index (χ2v) is 3.77. The van der Waals surface area contributed by atoms with Gasteiger partial charge < -0.3 is 5.11 Å². The zero-order valence-electron chi connectivity index (χ0n) is 9.41. The number of carbonyl (C=O) groups excluding carboxylic acids is 1. The number of fused-ring (bicyclic) bond motifs is 1. The minimum absolute atomic E-state index is 0.0788. The van der Waals surface area contributed by atoms with Gasteiger partial charge in [0, 0.05) is 17.5 Å². The Hall–Kier alpha value is -2.52. The van der Waals surface area contributed by atoms with Crippen LogP contribution in [0.25, 0.3) is 10.9 Å². The summed E-state index contributed by atoms with van der Waals surface area (Å²) in [4.78, 5) is 28.6. The van der Waals surface area contributed by atoms with Gasteiger partial charge in [-0.15, -0.1) is 0 Å². The van der Waals surface area contributed by atoms with Crippen LogP contribution in [0.4, 0.5) is 0 Å². The molecule has 0 spiro atoms. The third-order valence-electron chi connectivity index (χ3n) is 2.55. The summed E-state index contributed by atoms with van der Waals surface area (Å²) in [7, 11) is 0. The second-order valence-electron chi connectivity index (χ2n) is 3.77. The molecule has 1 heterocycles. The van der Waals surface area contributed by atoms with E-state index < -0.39 is 12.0 Å². The largest absolute Gasteiger partial charge is 0.480 e. The highest BCUT2D eigenvalue weighted by Crippen LogP contribution is 2.13. The molecule has 90 valence electrons. The zero-order valence-corrected chi connectivity index (χ0v) is 9.41. The van der Waals surface area contributed by atoms with Crippen molar-refractivity contribution in [3.63, 3.8) is 0 Å². The number of carboxylic acid groups (broad SMARTS) is 1. The summed E-state index contributed by atoms with van der Waals surface area (Å²) in [6.45, 7) is 0. The first kappa shape index (κ1) is 12.0. The molecular formula is C13H10N2O3. The van der Waals surface area contributed by atoms with Gasteiger partial charge in [-0.25, -0.2) is 9.59 Å². The maximum atomic E-state index is 10.9. The Morgan fingerprint density at radius 1 is 1.33 bits per heavy atom. The van der Waals surface area contributed by atoms with Gasteiger partial charge in [0.2, 0.25) is 6.08 Å². The third kappa shape index (κ3) is 2.59. The Kier molecular flexibility index (Phi) is 3.46. The van der Waals surface area contributed by atoms with Gasteiger partial charge in [-0.2, -0.15) is 4.99 Å². The van der Waals surface area contributed by atoms with Crippen molar-refractivity contribution in [3.05, 3.63) is 42.1 Å². The molecule has 0 aliphatic carbocycles. The molecule has 0 radical (unpaired) electrons. The van der Waals surface area contributed by atoms with E-state index in [1.165, 1.54) is 6.08 Å². The number of rotatable bonds is 4. The molecule has 5 heteroatoms. The van der Waals surface area contributed by atoms with E-state index in [4.69, 9.17) is 5.11 Å². The van der Waals surface area contributed by atoms with Crippen LogP contribution in [-0.4, -0.2) is 28.2 Å². The Bertz CT molecular complexity index is 631. The lowest BCUT2D eigenvalue weighted by molar-refractivity contribution is -0.138. The Labute approximate surface area is 103 Å². The van der Waals surface area contributed by atoms with E-state index in [-0.39, 0.29) is 6.42 Å². The third-order valence-corrected chi connectivity index (χ3v) is 2.55. The van der Waals surface area contributed by atoms with Gasteiger partial charge in [0.05, 0.1) is 5.52 Å². The van der Waals surface area contributed by atoms with Crippen LogP contribution in [-0.2, 0) is 16.0 Å². The molecule has 0 aliphatic rings. The second kappa shape index (κ2) is 5.21. The van der Waals surface area contributed by atoms with Crippen LogP contribution in [0.2, 0.25) is 0 Å². The number of carboxylic acids is 1. The molecule has 0 bridgehead atoms. The van der Waals surface area contributed by atoms with Crippen LogP contribution < -0.4 is 0 Å². The molecule has 2 rings (SSSR count). The summed E-state index contributed by atoms with van der Waals surface area (Å²) < 4.78 is 0. The maximum absolute atomic E-state index is 10.9. The van der Waals surface area contributed by atoms with Crippen LogP contribution in [0.5, 0.6) is 0 Å². The van der Waals surface area contributed by atoms with Crippen LogP contribution in [0, 0.1) is 0 Å². The van der Waals surface area contributed by atoms with Crippen LogP contribution in [0.15, 0.2) is 41.4 Å². The van der Waals surface area contributed by atoms with Gasteiger partial charge in [-0.05, 0) is 12.1 Å². The molecule has 0 aliphatic heterocycles. The molecule has 1 aromatic carbocycles. The Morgan fingerprint density at radius 2 is 2.11 bits per heavy atom. The monoisotopic (exact) mass is 242 g/mol. The van der Waals surface area contributed by atoms with E-state index in [2.05, 4.69) is 9.98 Å². The number of nitrogens with zero attached hydrogens (tertiary/aromatic N) is 2. The molecule has 1 aromatic heterocycles. The predicted molar refractivity (Wildman–Crippen MR) is 65.0 cm³/mol. The number of aliphatic imine (C=N–C) groups is 1. The number of benzene rings is 1. The molecule has 0 amide bonds. The SMILES string of the molecule is O=C=NC(Cc1ccc2ccccc2n1)C(=O)O. The fourth-order valence-electron chi connectivity index (χ4n) is 1.67. The minimum Gasteiger partial charge on any atom is -0.480 e. The molecule has 18 heavy (non-hydrogen) atoms. The number of isocyanates is 1. The van der Waals surface area contributed by atoms with E-state index in [9.17, 15) is 9.59 Å². The fourth-order valence-corrected chi connectivity index (χ4v) is 1.67. The highest BCUT2D eigenvalue weighted by molar-refractivity contribution is 5.79. The van der Waals surface area contributed by atoms with Crippen molar-refractivity contribution in [1.82, 2.24) is 4.98 Å². The van der Waals surface area contributed by atoms with E-state index in [0.717, 1.165) is 10.9 Å². The van der Waals surface area contributed by atoms with Gasteiger partial charge in [0.25, 0.3) is 0 Å². The first-order valence-corrected chi connectivity index (χ1v) is 5.35. The maximum Gasteiger partial charge on any atom is 0.329 e. The van der Waals surface area contributed by atoms with E-state index in [1.54, 1.807) is 6.07 Å². The van der Waals surface area contributed by atoms with Crippen molar-refractivity contribution in [3.8, 4) is 0 Å². The molecule has 2 aromatic rings. The number of hydrogen-bond donors (Lipinski definition) is 1. The summed E-state index contributed by atoms with van der Waals surface area (Å²) in [5.74, 6) is -1.16. The number of aromatic nitrogens is 1. The van der Waals surface area contributed by atoms with E-state index in [1.807, 2.05) is 30.3 Å². The minimum atomic E-state index is -1.16. The number of carbonyl (C=O) groups is 1. The summed E-state index contributed by atoms with van der Waals surface area (Å²) >= 11 is 0. The lowest BCUT2D eigenvalue weighted by atomic mass is 10.1. The van der Waals surface area contributed by atoms with Crippen LogP contribution in [0.3, 0.4) is 0 Å². The first-order chi connectivity index (χ1) is 8.70.